The third-order valence-corrected chi connectivity index (χ3v) is 4.48. The predicted molar refractivity (Wildman–Crippen MR) is 93.5 cm³/mol. The number of anilines is 1. The highest BCUT2D eigenvalue weighted by Gasteiger charge is 2.18. The first kappa shape index (κ1) is 16.3. The largest absolute Gasteiger partial charge is 0.300 e. The number of aromatic nitrogens is 2. The molecule has 0 aliphatic heterocycles. The van der Waals surface area contributed by atoms with Gasteiger partial charge in [0.25, 0.3) is 0 Å². The van der Waals surface area contributed by atoms with Crippen LogP contribution in [0.4, 0.5) is 9.52 Å². The van der Waals surface area contributed by atoms with Crippen LogP contribution in [-0.2, 0) is 4.79 Å². The molecule has 122 valence electrons. The van der Waals surface area contributed by atoms with Gasteiger partial charge >= 0.3 is 0 Å². The Bertz CT molecular complexity index is 864. The fourth-order valence-electron chi connectivity index (χ4n) is 2.36. The molecule has 1 N–H and O–H groups in total. The molecule has 0 unspecified atom stereocenters. The SMILES string of the molecule is Cc1nnc(NC(=O)[C@@H](C)c2ccc(-c3ccccc3)c(F)c2)s1. The van der Waals surface area contributed by atoms with Gasteiger partial charge in [-0.3, -0.25) is 4.79 Å². The van der Waals surface area contributed by atoms with Gasteiger partial charge in [0.1, 0.15) is 10.8 Å². The minimum atomic E-state index is -0.492. The molecule has 24 heavy (non-hydrogen) atoms. The van der Waals surface area contributed by atoms with E-state index in [1.807, 2.05) is 37.3 Å². The Hall–Kier alpha value is -2.60. The van der Waals surface area contributed by atoms with Crippen molar-refractivity contribution in [3.63, 3.8) is 0 Å². The Kier molecular flexibility index (Phi) is 4.66. The number of carbonyl (C=O) groups is 1. The number of hydrogen-bond acceptors (Lipinski definition) is 4. The van der Waals surface area contributed by atoms with E-state index >= 15 is 0 Å². The maximum atomic E-state index is 14.4. The molecule has 3 aromatic rings. The third kappa shape index (κ3) is 3.49. The molecular weight excluding hydrogens is 325 g/mol. The monoisotopic (exact) mass is 341 g/mol. The zero-order valence-electron chi connectivity index (χ0n) is 13.3. The van der Waals surface area contributed by atoms with Crippen LogP contribution in [0.5, 0.6) is 0 Å². The van der Waals surface area contributed by atoms with E-state index < -0.39 is 5.92 Å². The van der Waals surface area contributed by atoms with Gasteiger partial charge in [-0.25, -0.2) is 4.39 Å². The second-order valence-corrected chi connectivity index (χ2v) is 6.62. The van der Waals surface area contributed by atoms with Gasteiger partial charge in [0.2, 0.25) is 11.0 Å². The first-order valence-electron chi connectivity index (χ1n) is 7.50. The van der Waals surface area contributed by atoms with Crippen molar-refractivity contribution in [1.82, 2.24) is 10.2 Å². The quantitative estimate of drug-likeness (QED) is 0.765. The Morgan fingerprint density at radius 1 is 1.17 bits per heavy atom. The zero-order chi connectivity index (χ0) is 17.1. The molecule has 0 aliphatic rings. The number of hydrogen-bond donors (Lipinski definition) is 1. The standard InChI is InChI=1S/C18H16FN3OS/c1-11(17(23)20-18-22-21-12(2)24-18)14-8-9-15(16(19)10-14)13-6-4-3-5-7-13/h3-11H,1-2H3,(H,20,22,23)/t11-/m0/s1. The van der Waals surface area contributed by atoms with Crippen LogP contribution in [0.25, 0.3) is 11.1 Å². The highest BCUT2D eigenvalue weighted by Crippen LogP contribution is 2.27. The van der Waals surface area contributed by atoms with Gasteiger partial charge in [0, 0.05) is 5.56 Å². The average molecular weight is 341 g/mol. The molecule has 0 saturated carbocycles. The number of rotatable bonds is 4. The molecule has 0 saturated heterocycles. The summed E-state index contributed by atoms with van der Waals surface area (Å²) in [5, 5.41) is 11.7. The number of carbonyl (C=O) groups excluding carboxylic acids is 1. The van der Waals surface area contributed by atoms with Crippen molar-refractivity contribution in [2.24, 2.45) is 0 Å². The summed E-state index contributed by atoms with van der Waals surface area (Å²) in [6.07, 6.45) is 0. The van der Waals surface area contributed by atoms with Crippen LogP contribution in [0.2, 0.25) is 0 Å². The number of nitrogens with zero attached hydrogens (tertiary/aromatic N) is 2. The van der Waals surface area contributed by atoms with Crippen LogP contribution in [0.15, 0.2) is 48.5 Å². The number of aryl methyl sites for hydroxylation is 1. The summed E-state index contributed by atoms with van der Waals surface area (Å²) >= 11 is 1.30. The predicted octanol–water partition coefficient (Wildman–Crippen LogP) is 4.39. The van der Waals surface area contributed by atoms with Gasteiger partial charge < -0.3 is 5.32 Å². The molecule has 0 aliphatic carbocycles. The molecule has 0 bridgehead atoms. The first-order chi connectivity index (χ1) is 11.5. The van der Waals surface area contributed by atoms with Crippen LogP contribution in [-0.4, -0.2) is 16.1 Å². The lowest BCUT2D eigenvalue weighted by Crippen LogP contribution is -2.19. The molecular formula is C18H16FN3OS. The van der Waals surface area contributed by atoms with Crippen molar-refractivity contribution >= 4 is 22.4 Å². The van der Waals surface area contributed by atoms with E-state index in [1.165, 1.54) is 17.4 Å². The van der Waals surface area contributed by atoms with Gasteiger partial charge in [0.05, 0.1) is 5.92 Å². The number of benzene rings is 2. The average Bonchev–Trinajstić information content (AvgIpc) is 2.99. The second kappa shape index (κ2) is 6.88. The van der Waals surface area contributed by atoms with Crippen molar-refractivity contribution in [3.8, 4) is 11.1 Å². The molecule has 3 rings (SSSR count). The highest BCUT2D eigenvalue weighted by atomic mass is 32.1. The summed E-state index contributed by atoms with van der Waals surface area (Å²) in [6.45, 7) is 3.55. The Labute approximate surface area is 143 Å². The molecule has 4 nitrogen and oxygen atoms in total. The highest BCUT2D eigenvalue weighted by molar-refractivity contribution is 7.15. The molecule has 0 radical (unpaired) electrons. The smallest absolute Gasteiger partial charge is 0.233 e. The van der Waals surface area contributed by atoms with Crippen LogP contribution >= 0.6 is 11.3 Å². The van der Waals surface area contributed by atoms with Crippen LogP contribution in [0.1, 0.15) is 23.4 Å². The molecule has 0 fully saturated rings. The fourth-order valence-corrected chi connectivity index (χ4v) is 2.96. The summed E-state index contributed by atoms with van der Waals surface area (Å²) in [4.78, 5) is 12.3. The Balaban J connectivity index is 1.79. The van der Waals surface area contributed by atoms with E-state index in [1.54, 1.807) is 19.1 Å². The van der Waals surface area contributed by atoms with Crippen molar-refractivity contribution in [2.45, 2.75) is 19.8 Å². The van der Waals surface area contributed by atoms with Crippen molar-refractivity contribution in [2.75, 3.05) is 5.32 Å². The lowest BCUT2D eigenvalue weighted by Gasteiger charge is -2.12. The number of amides is 1. The van der Waals surface area contributed by atoms with E-state index in [2.05, 4.69) is 15.5 Å². The minimum Gasteiger partial charge on any atom is -0.300 e. The van der Waals surface area contributed by atoms with Gasteiger partial charge in [0.15, 0.2) is 0 Å². The minimum absolute atomic E-state index is 0.238. The Morgan fingerprint density at radius 3 is 2.54 bits per heavy atom. The molecule has 1 atom stereocenters. The van der Waals surface area contributed by atoms with E-state index in [4.69, 9.17) is 0 Å². The number of nitrogens with one attached hydrogen (secondary N) is 1. The van der Waals surface area contributed by atoms with Gasteiger partial charge in [-0.05, 0) is 31.0 Å². The topological polar surface area (TPSA) is 54.9 Å². The summed E-state index contributed by atoms with van der Waals surface area (Å²) in [6, 6.07) is 14.2. The van der Waals surface area contributed by atoms with E-state index in [0.717, 1.165) is 10.6 Å². The first-order valence-corrected chi connectivity index (χ1v) is 8.32. The van der Waals surface area contributed by atoms with Gasteiger partial charge in [-0.2, -0.15) is 0 Å². The molecule has 1 amide bonds. The molecule has 1 heterocycles. The van der Waals surface area contributed by atoms with E-state index in [-0.39, 0.29) is 11.7 Å². The van der Waals surface area contributed by atoms with Gasteiger partial charge in [-0.15, -0.1) is 10.2 Å². The van der Waals surface area contributed by atoms with E-state index in [9.17, 15) is 9.18 Å². The maximum absolute atomic E-state index is 14.4. The van der Waals surface area contributed by atoms with Crippen molar-refractivity contribution < 1.29 is 9.18 Å². The lowest BCUT2D eigenvalue weighted by molar-refractivity contribution is -0.117. The van der Waals surface area contributed by atoms with Crippen molar-refractivity contribution in [3.05, 3.63) is 64.9 Å². The van der Waals surface area contributed by atoms with Crippen LogP contribution in [0, 0.1) is 12.7 Å². The molecule has 1 aromatic heterocycles. The third-order valence-electron chi connectivity index (χ3n) is 3.73. The lowest BCUT2D eigenvalue weighted by atomic mass is 9.96. The fraction of sp³-hybridized carbons (Fsp3) is 0.167. The summed E-state index contributed by atoms with van der Waals surface area (Å²) < 4.78 is 14.4. The molecule has 2 aromatic carbocycles. The zero-order valence-corrected chi connectivity index (χ0v) is 14.1. The van der Waals surface area contributed by atoms with Crippen LogP contribution < -0.4 is 5.32 Å². The number of halogens is 1. The summed E-state index contributed by atoms with van der Waals surface area (Å²) in [5.74, 6) is -1.07. The normalized spacial score (nSPS) is 12.0. The molecule has 6 heteroatoms. The molecule has 0 spiro atoms. The second-order valence-electron chi connectivity index (χ2n) is 5.44. The van der Waals surface area contributed by atoms with Crippen molar-refractivity contribution in [1.29, 1.82) is 0 Å². The Morgan fingerprint density at radius 2 is 1.92 bits per heavy atom. The van der Waals surface area contributed by atoms with E-state index in [0.29, 0.717) is 16.3 Å². The summed E-state index contributed by atoms with van der Waals surface area (Å²) in [7, 11) is 0. The van der Waals surface area contributed by atoms with Gasteiger partial charge in [-0.1, -0.05) is 53.8 Å². The summed E-state index contributed by atoms with van der Waals surface area (Å²) in [5.41, 5.74) is 1.95. The van der Waals surface area contributed by atoms with Crippen LogP contribution in [0.3, 0.4) is 0 Å². The maximum Gasteiger partial charge on any atom is 0.233 e.